The van der Waals surface area contributed by atoms with Gasteiger partial charge in [0.25, 0.3) is 0 Å². The second kappa shape index (κ2) is 7.01. The molecule has 0 fully saturated rings. The fourth-order valence-electron chi connectivity index (χ4n) is 1.63. The second-order valence-corrected chi connectivity index (χ2v) is 5.11. The topological polar surface area (TPSA) is 68.3 Å². The van der Waals surface area contributed by atoms with Crippen LogP contribution in [0.25, 0.3) is 0 Å². The van der Waals surface area contributed by atoms with Gasteiger partial charge in [-0.1, -0.05) is 6.07 Å². The number of benzene rings is 1. The highest BCUT2D eigenvalue weighted by molar-refractivity contribution is 5.41. The number of ether oxygens (including phenoxy) is 2. The first-order valence-electron chi connectivity index (χ1n) is 6.43. The lowest BCUT2D eigenvalue weighted by Crippen LogP contribution is -2.14. The Morgan fingerprint density at radius 3 is 2.68 bits per heavy atom. The maximum atomic E-state index is 8.97. The maximum absolute atomic E-state index is 8.97. The molecule has 0 bridgehead atoms. The van der Waals surface area contributed by atoms with Crippen LogP contribution in [0.1, 0.15) is 25.8 Å². The van der Waals surface area contributed by atoms with Gasteiger partial charge in [-0.05, 0) is 44.9 Å². The molecule has 19 heavy (non-hydrogen) atoms. The van der Waals surface area contributed by atoms with Gasteiger partial charge in [0.1, 0.15) is 11.5 Å². The third-order valence-electron chi connectivity index (χ3n) is 2.98. The zero-order valence-corrected chi connectivity index (χ0v) is 11.9. The molecule has 0 aliphatic carbocycles. The molecule has 104 valence electrons. The van der Waals surface area contributed by atoms with Crippen LogP contribution >= 0.6 is 0 Å². The molecule has 4 heteroatoms. The molecule has 0 unspecified atom stereocenters. The molecule has 1 rings (SSSR count). The van der Waals surface area contributed by atoms with Crippen molar-refractivity contribution in [1.82, 2.24) is 0 Å². The molecule has 2 N–H and O–H groups in total. The quantitative estimate of drug-likeness (QED) is 0.819. The smallest absolute Gasteiger partial charge is 0.126 e. The van der Waals surface area contributed by atoms with Crippen molar-refractivity contribution in [3.63, 3.8) is 0 Å². The first-order chi connectivity index (χ1) is 9.02. The summed E-state index contributed by atoms with van der Waals surface area (Å²) in [4.78, 5) is 0. The van der Waals surface area contributed by atoms with E-state index in [-0.39, 0.29) is 5.41 Å². The van der Waals surface area contributed by atoms with E-state index < -0.39 is 0 Å². The predicted molar refractivity (Wildman–Crippen MR) is 75.3 cm³/mol. The molecule has 0 aromatic heterocycles. The van der Waals surface area contributed by atoms with Gasteiger partial charge >= 0.3 is 0 Å². The molecule has 0 saturated heterocycles. The fraction of sp³-hybridized carbons (Fsp3) is 0.533. The predicted octanol–water partition coefficient (Wildman–Crippen LogP) is 2.52. The van der Waals surface area contributed by atoms with Crippen LogP contribution in [-0.2, 0) is 6.42 Å². The van der Waals surface area contributed by atoms with E-state index >= 15 is 0 Å². The Morgan fingerprint density at radius 2 is 2.11 bits per heavy atom. The van der Waals surface area contributed by atoms with E-state index in [1.807, 2.05) is 32.0 Å². The summed E-state index contributed by atoms with van der Waals surface area (Å²) in [6.45, 7) is 4.89. The van der Waals surface area contributed by atoms with Crippen LogP contribution in [0.15, 0.2) is 18.2 Å². The van der Waals surface area contributed by atoms with Gasteiger partial charge in [-0.2, -0.15) is 5.26 Å². The number of rotatable bonds is 7. The van der Waals surface area contributed by atoms with Gasteiger partial charge in [-0.25, -0.2) is 0 Å². The van der Waals surface area contributed by atoms with Crippen molar-refractivity contribution in [3.8, 4) is 17.6 Å². The van der Waals surface area contributed by atoms with Crippen molar-refractivity contribution >= 4 is 0 Å². The number of hydrogen-bond acceptors (Lipinski definition) is 4. The van der Waals surface area contributed by atoms with E-state index in [4.69, 9.17) is 20.5 Å². The number of methoxy groups -OCH3 is 1. The van der Waals surface area contributed by atoms with Crippen molar-refractivity contribution in [2.24, 2.45) is 11.1 Å². The molecule has 4 nitrogen and oxygen atoms in total. The molecule has 0 atom stereocenters. The highest BCUT2D eigenvalue weighted by Crippen LogP contribution is 2.26. The van der Waals surface area contributed by atoms with Crippen molar-refractivity contribution in [2.45, 2.75) is 26.7 Å². The zero-order valence-electron chi connectivity index (χ0n) is 11.9. The third kappa shape index (κ3) is 4.80. The summed E-state index contributed by atoms with van der Waals surface area (Å²) in [6.07, 6.45) is 1.45. The Labute approximate surface area is 115 Å². The monoisotopic (exact) mass is 262 g/mol. The molecule has 0 radical (unpaired) electrons. The third-order valence-corrected chi connectivity index (χ3v) is 2.98. The summed E-state index contributed by atoms with van der Waals surface area (Å²) in [6, 6.07) is 8.00. The summed E-state index contributed by atoms with van der Waals surface area (Å²) in [7, 11) is 1.63. The molecular weight excluding hydrogens is 240 g/mol. The summed E-state index contributed by atoms with van der Waals surface area (Å²) in [5, 5.41) is 8.97. The summed E-state index contributed by atoms with van der Waals surface area (Å²) in [5.41, 5.74) is 6.29. The first-order valence-corrected chi connectivity index (χ1v) is 6.43. The number of hydrogen-bond donors (Lipinski definition) is 1. The largest absolute Gasteiger partial charge is 0.497 e. The van der Waals surface area contributed by atoms with Crippen LogP contribution in [0.5, 0.6) is 11.5 Å². The Kier molecular flexibility index (Phi) is 5.65. The van der Waals surface area contributed by atoms with Gasteiger partial charge in [-0.3, -0.25) is 0 Å². The minimum atomic E-state index is -0.368. The summed E-state index contributed by atoms with van der Waals surface area (Å²) >= 11 is 0. The van der Waals surface area contributed by atoms with Gasteiger partial charge in [0.05, 0.1) is 25.2 Å². The van der Waals surface area contributed by atoms with E-state index in [0.717, 1.165) is 23.5 Å². The van der Waals surface area contributed by atoms with E-state index in [9.17, 15) is 0 Å². The first kappa shape index (κ1) is 15.3. The Balaban J connectivity index is 2.72. The maximum Gasteiger partial charge on any atom is 0.126 e. The van der Waals surface area contributed by atoms with Crippen LogP contribution in [0.4, 0.5) is 0 Å². The van der Waals surface area contributed by atoms with Gasteiger partial charge in [0.2, 0.25) is 0 Å². The van der Waals surface area contributed by atoms with Crippen molar-refractivity contribution < 1.29 is 9.47 Å². The van der Waals surface area contributed by atoms with Crippen LogP contribution in [0.3, 0.4) is 0 Å². The van der Waals surface area contributed by atoms with Crippen molar-refractivity contribution in [3.05, 3.63) is 23.8 Å². The van der Waals surface area contributed by atoms with Gasteiger partial charge < -0.3 is 15.2 Å². The lowest BCUT2D eigenvalue weighted by molar-refractivity contribution is 0.261. The second-order valence-electron chi connectivity index (χ2n) is 5.11. The molecule has 0 saturated carbocycles. The lowest BCUT2D eigenvalue weighted by Gasteiger charge is -2.17. The average Bonchev–Trinajstić information content (AvgIpc) is 2.40. The highest BCUT2D eigenvalue weighted by Gasteiger charge is 2.16. The fourth-order valence-corrected chi connectivity index (χ4v) is 1.63. The highest BCUT2D eigenvalue weighted by atomic mass is 16.5. The number of nitrogens with zero attached hydrogens (tertiary/aromatic N) is 1. The minimum absolute atomic E-state index is 0.368. The van der Waals surface area contributed by atoms with Gasteiger partial charge in [0.15, 0.2) is 0 Å². The Morgan fingerprint density at radius 1 is 1.37 bits per heavy atom. The molecular formula is C15H22N2O2. The van der Waals surface area contributed by atoms with Crippen LogP contribution in [0.2, 0.25) is 0 Å². The van der Waals surface area contributed by atoms with Crippen LogP contribution in [-0.4, -0.2) is 20.3 Å². The summed E-state index contributed by atoms with van der Waals surface area (Å²) in [5.74, 6) is 1.55. The number of nitrogens with two attached hydrogens (primary N) is 1. The molecule has 0 aliphatic heterocycles. The molecule has 0 amide bonds. The molecule has 1 aromatic carbocycles. The zero-order chi connectivity index (χ0) is 14.3. The standard InChI is InChI=1S/C15H22N2O2/c1-15(2,11-17)7-9-19-14-10-13(18-3)5-4-12(14)6-8-16/h4-5,10H,6-9,16H2,1-3H3. The van der Waals surface area contributed by atoms with Gasteiger partial charge in [0, 0.05) is 6.07 Å². The van der Waals surface area contributed by atoms with Crippen molar-refractivity contribution in [2.75, 3.05) is 20.3 Å². The average molecular weight is 262 g/mol. The van der Waals surface area contributed by atoms with Crippen LogP contribution < -0.4 is 15.2 Å². The summed E-state index contributed by atoms with van der Waals surface area (Å²) < 4.78 is 11.0. The van der Waals surface area contributed by atoms with E-state index in [0.29, 0.717) is 19.6 Å². The number of nitriles is 1. The Hall–Kier alpha value is -1.73. The SMILES string of the molecule is COc1ccc(CCN)c(OCCC(C)(C)C#N)c1. The van der Waals surface area contributed by atoms with Crippen molar-refractivity contribution in [1.29, 1.82) is 5.26 Å². The molecule has 0 aliphatic rings. The minimum Gasteiger partial charge on any atom is -0.497 e. The lowest BCUT2D eigenvalue weighted by atomic mass is 9.92. The van der Waals surface area contributed by atoms with E-state index in [1.54, 1.807) is 7.11 Å². The molecule has 0 heterocycles. The van der Waals surface area contributed by atoms with Crippen LogP contribution in [0, 0.1) is 16.7 Å². The van der Waals surface area contributed by atoms with E-state index in [1.165, 1.54) is 0 Å². The van der Waals surface area contributed by atoms with E-state index in [2.05, 4.69) is 6.07 Å². The van der Waals surface area contributed by atoms with Gasteiger partial charge in [-0.15, -0.1) is 0 Å². The normalized spacial score (nSPS) is 10.9. The Bertz CT molecular complexity index is 450. The molecule has 0 spiro atoms. The molecule has 1 aromatic rings.